The SMILES string of the molecule is CCOC(=O)COC1CCN(CC2CC2)CC1. The maximum absolute atomic E-state index is 11.1. The van der Waals surface area contributed by atoms with Gasteiger partial charge in [-0.05, 0) is 38.5 Å². The van der Waals surface area contributed by atoms with Gasteiger partial charge in [-0.25, -0.2) is 4.79 Å². The molecular formula is C13H23NO3. The highest BCUT2D eigenvalue weighted by Gasteiger charge is 2.27. The number of nitrogens with zero attached hydrogens (tertiary/aromatic N) is 1. The molecular weight excluding hydrogens is 218 g/mol. The molecule has 0 spiro atoms. The van der Waals surface area contributed by atoms with Gasteiger partial charge in [-0.3, -0.25) is 0 Å². The second kappa shape index (κ2) is 6.36. The van der Waals surface area contributed by atoms with Crippen molar-refractivity contribution in [3.05, 3.63) is 0 Å². The summed E-state index contributed by atoms with van der Waals surface area (Å²) in [4.78, 5) is 13.7. The number of rotatable bonds is 6. The van der Waals surface area contributed by atoms with Crippen molar-refractivity contribution >= 4 is 5.97 Å². The van der Waals surface area contributed by atoms with Crippen LogP contribution in [0.2, 0.25) is 0 Å². The lowest BCUT2D eigenvalue weighted by Gasteiger charge is -2.31. The molecule has 0 aromatic rings. The Morgan fingerprint density at radius 1 is 1.24 bits per heavy atom. The van der Waals surface area contributed by atoms with E-state index in [-0.39, 0.29) is 18.7 Å². The molecule has 2 fully saturated rings. The number of hydrogen-bond acceptors (Lipinski definition) is 4. The predicted molar refractivity (Wildman–Crippen MR) is 64.8 cm³/mol. The van der Waals surface area contributed by atoms with E-state index in [0.29, 0.717) is 6.61 Å². The van der Waals surface area contributed by atoms with E-state index in [0.717, 1.165) is 31.8 Å². The average Bonchev–Trinajstić information content (AvgIpc) is 3.13. The first kappa shape index (κ1) is 12.8. The fourth-order valence-electron chi connectivity index (χ4n) is 2.31. The summed E-state index contributed by atoms with van der Waals surface area (Å²) < 4.78 is 10.4. The van der Waals surface area contributed by atoms with Crippen molar-refractivity contribution in [3.63, 3.8) is 0 Å². The van der Waals surface area contributed by atoms with Gasteiger partial charge in [0.15, 0.2) is 0 Å². The lowest BCUT2D eigenvalue weighted by Crippen LogP contribution is -2.38. The predicted octanol–water partition coefficient (Wildman–Crippen LogP) is 1.44. The Kier molecular flexibility index (Phi) is 4.80. The molecule has 0 amide bonds. The third-order valence-corrected chi connectivity index (χ3v) is 3.49. The molecule has 1 aliphatic heterocycles. The van der Waals surface area contributed by atoms with Gasteiger partial charge in [0, 0.05) is 19.6 Å². The highest BCUT2D eigenvalue weighted by Crippen LogP contribution is 2.30. The van der Waals surface area contributed by atoms with Crippen LogP contribution in [0.4, 0.5) is 0 Å². The molecule has 1 aliphatic carbocycles. The molecule has 2 aliphatic rings. The normalized spacial score (nSPS) is 22.6. The van der Waals surface area contributed by atoms with Gasteiger partial charge >= 0.3 is 5.97 Å². The molecule has 1 saturated heterocycles. The van der Waals surface area contributed by atoms with Crippen LogP contribution in [-0.2, 0) is 14.3 Å². The van der Waals surface area contributed by atoms with Gasteiger partial charge < -0.3 is 14.4 Å². The van der Waals surface area contributed by atoms with E-state index in [1.54, 1.807) is 0 Å². The largest absolute Gasteiger partial charge is 0.464 e. The van der Waals surface area contributed by atoms with Crippen molar-refractivity contribution in [2.45, 2.75) is 38.7 Å². The van der Waals surface area contributed by atoms with E-state index >= 15 is 0 Å². The van der Waals surface area contributed by atoms with Crippen LogP contribution in [0.3, 0.4) is 0 Å². The zero-order valence-electron chi connectivity index (χ0n) is 10.7. The number of piperidine rings is 1. The molecule has 1 heterocycles. The summed E-state index contributed by atoms with van der Waals surface area (Å²) in [5.74, 6) is 0.722. The number of hydrogen-bond donors (Lipinski definition) is 0. The maximum Gasteiger partial charge on any atom is 0.332 e. The van der Waals surface area contributed by atoms with E-state index < -0.39 is 0 Å². The highest BCUT2D eigenvalue weighted by molar-refractivity contribution is 5.70. The van der Waals surface area contributed by atoms with Crippen LogP contribution >= 0.6 is 0 Å². The zero-order valence-corrected chi connectivity index (χ0v) is 10.7. The van der Waals surface area contributed by atoms with E-state index in [1.807, 2.05) is 6.92 Å². The van der Waals surface area contributed by atoms with Gasteiger partial charge in [0.25, 0.3) is 0 Å². The van der Waals surface area contributed by atoms with Gasteiger partial charge in [0.05, 0.1) is 12.7 Å². The number of carbonyl (C=O) groups excluding carboxylic acids is 1. The van der Waals surface area contributed by atoms with Crippen LogP contribution in [0.1, 0.15) is 32.6 Å². The first-order valence-electron chi connectivity index (χ1n) is 6.77. The minimum Gasteiger partial charge on any atom is -0.464 e. The third-order valence-electron chi connectivity index (χ3n) is 3.49. The molecule has 2 rings (SSSR count). The Bertz CT molecular complexity index is 245. The van der Waals surface area contributed by atoms with Crippen molar-refractivity contribution < 1.29 is 14.3 Å². The minimum atomic E-state index is -0.243. The number of likely N-dealkylation sites (tertiary alicyclic amines) is 1. The lowest BCUT2D eigenvalue weighted by atomic mass is 10.1. The van der Waals surface area contributed by atoms with Gasteiger partial charge in [-0.1, -0.05) is 0 Å². The molecule has 4 heteroatoms. The fourth-order valence-corrected chi connectivity index (χ4v) is 2.31. The molecule has 0 radical (unpaired) electrons. The molecule has 0 unspecified atom stereocenters. The van der Waals surface area contributed by atoms with Crippen molar-refractivity contribution in [2.75, 3.05) is 32.8 Å². The lowest BCUT2D eigenvalue weighted by molar-refractivity contribution is -0.151. The Morgan fingerprint density at radius 2 is 1.94 bits per heavy atom. The van der Waals surface area contributed by atoms with Crippen molar-refractivity contribution in [1.82, 2.24) is 4.90 Å². The second-order valence-electron chi connectivity index (χ2n) is 5.06. The van der Waals surface area contributed by atoms with Crippen molar-refractivity contribution in [2.24, 2.45) is 5.92 Å². The second-order valence-corrected chi connectivity index (χ2v) is 5.06. The van der Waals surface area contributed by atoms with Crippen molar-refractivity contribution in [1.29, 1.82) is 0 Å². The van der Waals surface area contributed by atoms with Crippen LogP contribution in [0.25, 0.3) is 0 Å². The van der Waals surface area contributed by atoms with E-state index in [9.17, 15) is 4.79 Å². The molecule has 0 aromatic heterocycles. The monoisotopic (exact) mass is 241 g/mol. The summed E-state index contributed by atoms with van der Waals surface area (Å²) >= 11 is 0. The Morgan fingerprint density at radius 3 is 2.53 bits per heavy atom. The fraction of sp³-hybridized carbons (Fsp3) is 0.923. The summed E-state index contributed by atoms with van der Waals surface area (Å²) in [5, 5.41) is 0. The standard InChI is InChI=1S/C13H23NO3/c1-2-16-13(15)10-17-12-5-7-14(8-6-12)9-11-3-4-11/h11-12H,2-10H2,1H3. The third kappa shape index (κ3) is 4.64. The minimum absolute atomic E-state index is 0.112. The molecule has 0 bridgehead atoms. The van der Waals surface area contributed by atoms with E-state index in [4.69, 9.17) is 9.47 Å². The van der Waals surface area contributed by atoms with Crippen LogP contribution in [0.15, 0.2) is 0 Å². The zero-order chi connectivity index (χ0) is 12.1. The molecule has 0 atom stereocenters. The number of carbonyl (C=O) groups is 1. The molecule has 17 heavy (non-hydrogen) atoms. The Labute approximate surface area is 103 Å². The van der Waals surface area contributed by atoms with E-state index in [1.165, 1.54) is 19.4 Å². The Hall–Kier alpha value is -0.610. The summed E-state index contributed by atoms with van der Waals surface area (Å²) in [6, 6.07) is 0. The first-order chi connectivity index (χ1) is 8.28. The van der Waals surface area contributed by atoms with Crippen LogP contribution < -0.4 is 0 Å². The molecule has 0 N–H and O–H groups in total. The quantitative estimate of drug-likeness (QED) is 0.660. The highest BCUT2D eigenvalue weighted by atomic mass is 16.6. The van der Waals surface area contributed by atoms with E-state index in [2.05, 4.69) is 4.90 Å². The summed E-state index contributed by atoms with van der Waals surface area (Å²) in [6.07, 6.45) is 5.17. The van der Waals surface area contributed by atoms with Gasteiger partial charge in [0.2, 0.25) is 0 Å². The summed E-state index contributed by atoms with van der Waals surface area (Å²) in [5.41, 5.74) is 0. The van der Waals surface area contributed by atoms with Crippen LogP contribution in [0, 0.1) is 5.92 Å². The topological polar surface area (TPSA) is 38.8 Å². The van der Waals surface area contributed by atoms with Crippen LogP contribution in [-0.4, -0.2) is 49.8 Å². The van der Waals surface area contributed by atoms with Crippen LogP contribution in [0.5, 0.6) is 0 Å². The molecule has 98 valence electrons. The number of ether oxygens (including phenoxy) is 2. The molecule has 1 saturated carbocycles. The Balaban J connectivity index is 1.56. The summed E-state index contributed by atoms with van der Waals surface area (Å²) in [7, 11) is 0. The summed E-state index contributed by atoms with van der Waals surface area (Å²) in [6.45, 7) is 5.86. The van der Waals surface area contributed by atoms with Gasteiger partial charge in [0.1, 0.15) is 6.61 Å². The molecule has 0 aromatic carbocycles. The van der Waals surface area contributed by atoms with Gasteiger partial charge in [-0.2, -0.15) is 0 Å². The number of esters is 1. The maximum atomic E-state index is 11.1. The van der Waals surface area contributed by atoms with Crippen molar-refractivity contribution in [3.8, 4) is 0 Å². The molecule has 4 nitrogen and oxygen atoms in total. The average molecular weight is 241 g/mol. The van der Waals surface area contributed by atoms with Gasteiger partial charge in [-0.15, -0.1) is 0 Å². The smallest absolute Gasteiger partial charge is 0.332 e. The first-order valence-corrected chi connectivity index (χ1v) is 6.77.